The monoisotopic (exact) mass is 296 g/mol. The lowest BCUT2D eigenvalue weighted by Crippen LogP contribution is -2.31. The number of amides is 2. The Kier molecular flexibility index (Phi) is 5.77. The third-order valence-electron chi connectivity index (χ3n) is 2.35. The van der Waals surface area contributed by atoms with Crippen molar-refractivity contribution in [1.29, 1.82) is 0 Å². The van der Waals surface area contributed by atoms with Crippen LogP contribution in [0.5, 0.6) is 0 Å². The van der Waals surface area contributed by atoms with Gasteiger partial charge < -0.3 is 10.6 Å². The first-order valence-electron chi connectivity index (χ1n) is 5.56. The normalized spacial score (nSPS) is 11.1. The first-order valence-corrected chi connectivity index (χ1v) is 6.35. The third kappa shape index (κ3) is 5.54. The standard InChI is InChI=1S/C13H17BrN2O/c1-3-10(2)8-15-13(17)16-9-11-5-4-6-12(14)7-11/h4-8H,3,9H2,1-2H3,(H2,15,16,17)/b10-8+. The average molecular weight is 297 g/mol. The largest absolute Gasteiger partial charge is 0.334 e. The van der Waals surface area contributed by atoms with Crippen LogP contribution in [0.15, 0.2) is 40.5 Å². The van der Waals surface area contributed by atoms with Gasteiger partial charge in [0.25, 0.3) is 0 Å². The summed E-state index contributed by atoms with van der Waals surface area (Å²) in [4.78, 5) is 11.4. The van der Waals surface area contributed by atoms with E-state index in [-0.39, 0.29) is 6.03 Å². The lowest BCUT2D eigenvalue weighted by Gasteiger charge is -2.05. The Morgan fingerprint density at radius 2 is 2.24 bits per heavy atom. The van der Waals surface area contributed by atoms with Crippen molar-refractivity contribution in [2.75, 3.05) is 0 Å². The first kappa shape index (κ1) is 13.8. The van der Waals surface area contributed by atoms with Gasteiger partial charge in [-0.05, 0) is 31.0 Å². The molecular weight excluding hydrogens is 280 g/mol. The van der Waals surface area contributed by atoms with Crippen molar-refractivity contribution in [2.45, 2.75) is 26.8 Å². The van der Waals surface area contributed by atoms with Crippen LogP contribution in [0.1, 0.15) is 25.8 Å². The maximum Gasteiger partial charge on any atom is 0.319 e. The molecule has 0 unspecified atom stereocenters. The minimum atomic E-state index is -0.183. The molecule has 1 rings (SSSR count). The van der Waals surface area contributed by atoms with E-state index in [0.717, 1.165) is 22.0 Å². The Hall–Kier alpha value is -1.29. The van der Waals surface area contributed by atoms with Crippen molar-refractivity contribution >= 4 is 22.0 Å². The van der Waals surface area contributed by atoms with Crippen LogP contribution >= 0.6 is 15.9 Å². The van der Waals surface area contributed by atoms with Crippen molar-refractivity contribution in [2.24, 2.45) is 0 Å². The summed E-state index contributed by atoms with van der Waals surface area (Å²) in [6.07, 6.45) is 2.67. The second kappa shape index (κ2) is 7.12. The number of urea groups is 1. The van der Waals surface area contributed by atoms with Gasteiger partial charge in [-0.3, -0.25) is 0 Å². The van der Waals surface area contributed by atoms with E-state index in [9.17, 15) is 4.79 Å². The highest BCUT2D eigenvalue weighted by molar-refractivity contribution is 9.10. The minimum Gasteiger partial charge on any atom is -0.334 e. The van der Waals surface area contributed by atoms with Crippen LogP contribution in [0.3, 0.4) is 0 Å². The van der Waals surface area contributed by atoms with Gasteiger partial charge in [0.15, 0.2) is 0 Å². The van der Waals surface area contributed by atoms with Gasteiger partial charge in [0.2, 0.25) is 0 Å². The minimum absolute atomic E-state index is 0.183. The molecule has 0 atom stereocenters. The molecule has 0 aliphatic rings. The van der Waals surface area contributed by atoms with Gasteiger partial charge in [-0.25, -0.2) is 4.79 Å². The number of rotatable bonds is 4. The summed E-state index contributed by atoms with van der Waals surface area (Å²) in [5, 5.41) is 5.48. The van der Waals surface area contributed by atoms with E-state index in [0.29, 0.717) is 6.54 Å². The molecule has 0 heterocycles. The van der Waals surface area contributed by atoms with E-state index in [1.807, 2.05) is 38.1 Å². The summed E-state index contributed by atoms with van der Waals surface area (Å²) in [7, 11) is 0. The molecule has 0 saturated heterocycles. The zero-order chi connectivity index (χ0) is 12.7. The molecule has 0 saturated carbocycles. The number of halogens is 1. The predicted octanol–water partition coefficient (Wildman–Crippen LogP) is 3.56. The molecule has 0 radical (unpaired) electrons. The number of carbonyl (C=O) groups is 1. The summed E-state index contributed by atoms with van der Waals surface area (Å²) in [5.74, 6) is 0. The number of hydrogen-bond donors (Lipinski definition) is 2. The van der Waals surface area contributed by atoms with Gasteiger partial charge >= 0.3 is 6.03 Å². The number of benzene rings is 1. The summed E-state index contributed by atoms with van der Waals surface area (Å²) in [6.45, 7) is 4.55. The number of allylic oxidation sites excluding steroid dienone is 1. The molecule has 2 amide bonds. The van der Waals surface area contributed by atoms with Crippen LogP contribution in [0, 0.1) is 0 Å². The maximum atomic E-state index is 11.4. The van der Waals surface area contributed by atoms with Crippen LogP contribution in [0.4, 0.5) is 4.79 Å². The molecule has 0 spiro atoms. The van der Waals surface area contributed by atoms with E-state index in [1.54, 1.807) is 6.20 Å². The topological polar surface area (TPSA) is 41.1 Å². The fourth-order valence-electron chi connectivity index (χ4n) is 1.17. The molecule has 0 aliphatic heterocycles. The highest BCUT2D eigenvalue weighted by Crippen LogP contribution is 2.11. The Balaban J connectivity index is 2.38. The Morgan fingerprint density at radius 3 is 2.88 bits per heavy atom. The zero-order valence-electron chi connectivity index (χ0n) is 10.1. The molecular formula is C13H17BrN2O. The molecule has 3 nitrogen and oxygen atoms in total. The lowest BCUT2D eigenvalue weighted by atomic mass is 10.2. The van der Waals surface area contributed by atoms with Crippen LogP contribution in [0.2, 0.25) is 0 Å². The molecule has 0 bridgehead atoms. The Labute approximate surface area is 110 Å². The quantitative estimate of drug-likeness (QED) is 0.876. The summed E-state index contributed by atoms with van der Waals surface area (Å²) in [6, 6.07) is 7.67. The van der Waals surface area contributed by atoms with Crippen LogP contribution in [-0.4, -0.2) is 6.03 Å². The second-order valence-electron chi connectivity index (χ2n) is 3.80. The maximum absolute atomic E-state index is 11.4. The van der Waals surface area contributed by atoms with E-state index in [1.165, 1.54) is 0 Å². The van der Waals surface area contributed by atoms with E-state index >= 15 is 0 Å². The van der Waals surface area contributed by atoms with E-state index < -0.39 is 0 Å². The van der Waals surface area contributed by atoms with Crippen LogP contribution < -0.4 is 10.6 Å². The Bertz CT molecular complexity index is 416. The summed E-state index contributed by atoms with van der Waals surface area (Å²) >= 11 is 3.39. The Morgan fingerprint density at radius 1 is 1.47 bits per heavy atom. The molecule has 1 aromatic carbocycles. The lowest BCUT2D eigenvalue weighted by molar-refractivity contribution is 0.243. The summed E-state index contributed by atoms with van der Waals surface area (Å²) < 4.78 is 1.01. The van der Waals surface area contributed by atoms with Crippen molar-refractivity contribution in [3.8, 4) is 0 Å². The van der Waals surface area contributed by atoms with Crippen molar-refractivity contribution in [1.82, 2.24) is 10.6 Å². The van der Waals surface area contributed by atoms with E-state index in [4.69, 9.17) is 0 Å². The van der Waals surface area contributed by atoms with Gasteiger partial charge in [-0.2, -0.15) is 0 Å². The molecule has 92 valence electrons. The average Bonchev–Trinajstić information content (AvgIpc) is 2.33. The predicted molar refractivity (Wildman–Crippen MR) is 73.6 cm³/mol. The molecule has 1 aromatic rings. The zero-order valence-corrected chi connectivity index (χ0v) is 11.7. The van der Waals surface area contributed by atoms with Crippen LogP contribution in [-0.2, 0) is 6.54 Å². The highest BCUT2D eigenvalue weighted by Gasteiger charge is 1.98. The van der Waals surface area contributed by atoms with Crippen molar-refractivity contribution in [3.63, 3.8) is 0 Å². The molecule has 17 heavy (non-hydrogen) atoms. The first-order chi connectivity index (χ1) is 8.11. The van der Waals surface area contributed by atoms with Gasteiger partial charge in [-0.1, -0.05) is 40.6 Å². The van der Waals surface area contributed by atoms with Crippen LogP contribution in [0.25, 0.3) is 0 Å². The highest BCUT2D eigenvalue weighted by atomic mass is 79.9. The summed E-state index contributed by atoms with van der Waals surface area (Å²) in [5.41, 5.74) is 2.20. The van der Waals surface area contributed by atoms with Gasteiger partial charge in [0.1, 0.15) is 0 Å². The molecule has 0 fully saturated rings. The van der Waals surface area contributed by atoms with E-state index in [2.05, 4.69) is 26.6 Å². The van der Waals surface area contributed by atoms with Gasteiger partial charge in [-0.15, -0.1) is 0 Å². The number of hydrogen-bond acceptors (Lipinski definition) is 1. The molecule has 0 aromatic heterocycles. The number of carbonyl (C=O) groups excluding carboxylic acids is 1. The fraction of sp³-hybridized carbons (Fsp3) is 0.308. The molecule has 4 heteroatoms. The van der Waals surface area contributed by atoms with Gasteiger partial charge in [0, 0.05) is 17.2 Å². The van der Waals surface area contributed by atoms with Crippen molar-refractivity contribution in [3.05, 3.63) is 46.1 Å². The molecule has 2 N–H and O–H groups in total. The number of nitrogens with one attached hydrogen (secondary N) is 2. The second-order valence-corrected chi connectivity index (χ2v) is 4.72. The third-order valence-corrected chi connectivity index (χ3v) is 2.84. The SMILES string of the molecule is CC/C(C)=C/NC(=O)NCc1cccc(Br)c1. The fourth-order valence-corrected chi connectivity index (χ4v) is 1.62. The van der Waals surface area contributed by atoms with Crippen molar-refractivity contribution < 1.29 is 4.79 Å². The van der Waals surface area contributed by atoms with Gasteiger partial charge in [0.05, 0.1) is 0 Å². The smallest absolute Gasteiger partial charge is 0.319 e. The molecule has 0 aliphatic carbocycles.